The number of hydrogen-bond donors (Lipinski definition) is 0. The predicted molar refractivity (Wildman–Crippen MR) is 63.0 cm³/mol. The van der Waals surface area contributed by atoms with Gasteiger partial charge in [-0.1, -0.05) is 28.1 Å². The Morgan fingerprint density at radius 2 is 2.33 bits per heavy atom. The summed E-state index contributed by atoms with van der Waals surface area (Å²) in [6, 6.07) is 6.20. The molecule has 1 aliphatic rings. The molecule has 0 N–H and O–H groups in total. The minimum Gasteiger partial charge on any atom is -0.371 e. The number of halogens is 1. The second-order valence-electron chi connectivity index (χ2n) is 3.90. The van der Waals surface area contributed by atoms with Gasteiger partial charge in [0.1, 0.15) is 6.10 Å². The second-order valence-corrected chi connectivity index (χ2v) is 4.76. The van der Waals surface area contributed by atoms with Gasteiger partial charge in [-0.25, -0.2) is 0 Å². The van der Waals surface area contributed by atoms with E-state index in [1.54, 1.807) is 0 Å². The van der Waals surface area contributed by atoms with Crippen LogP contribution in [0.1, 0.15) is 24.2 Å². The van der Waals surface area contributed by atoms with Crippen molar-refractivity contribution in [3.8, 4) is 0 Å². The Morgan fingerprint density at radius 3 is 2.93 bits per heavy atom. The van der Waals surface area contributed by atoms with Crippen LogP contribution in [0.15, 0.2) is 22.7 Å². The van der Waals surface area contributed by atoms with Crippen LogP contribution >= 0.6 is 15.9 Å². The van der Waals surface area contributed by atoms with Gasteiger partial charge < -0.3 is 9.47 Å². The van der Waals surface area contributed by atoms with Crippen LogP contribution in [0.3, 0.4) is 0 Å². The molecule has 1 aromatic rings. The number of ether oxygens (including phenoxy) is 2. The van der Waals surface area contributed by atoms with Gasteiger partial charge in [-0.3, -0.25) is 0 Å². The Morgan fingerprint density at radius 1 is 1.60 bits per heavy atom. The molecule has 0 bridgehead atoms. The molecule has 1 aliphatic heterocycles. The maximum atomic E-state index is 5.76. The minimum absolute atomic E-state index is 0.116. The number of aryl methyl sites for hydroxylation is 1. The molecule has 15 heavy (non-hydrogen) atoms. The molecule has 1 aromatic carbocycles. The van der Waals surface area contributed by atoms with Crippen molar-refractivity contribution in [3.63, 3.8) is 0 Å². The lowest BCUT2D eigenvalue weighted by atomic mass is 10.0. The first kappa shape index (κ1) is 11.1. The van der Waals surface area contributed by atoms with Gasteiger partial charge >= 0.3 is 0 Å². The molecular formula is C12H15BrO2. The first-order valence-electron chi connectivity index (χ1n) is 5.16. The molecule has 1 fully saturated rings. The van der Waals surface area contributed by atoms with Gasteiger partial charge in [0, 0.05) is 4.47 Å². The monoisotopic (exact) mass is 270 g/mol. The molecule has 2 rings (SSSR count). The molecule has 0 amide bonds. The number of benzene rings is 1. The van der Waals surface area contributed by atoms with Gasteiger partial charge in [0.05, 0.1) is 19.3 Å². The van der Waals surface area contributed by atoms with Gasteiger partial charge in [0.2, 0.25) is 0 Å². The summed E-state index contributed by atoms with van der Waals surface area (Å²) in [5, 5.41) is 0. The van der Waals surface area contributed by atoms with Crippen molar-refractivity contribution in [3.05, 3.63) is 33.8 Å². The highest BCUT2D eigenvalue weighted by Crippen LogP contribution is 2.29. The maximum Gasteiger partial charge on any atom is 0.104 e. The maximum absolute atomic E-state index is 5.76. The predicted octanol–water partition coefficient (Wildman–Crippen LogP) is 3.23. The van der Waals surface area contributed by atoms with E-state index >= 15 is 0 Å². The van der Waals surface area contributed by atoms with E-state index in [2.05, 4.69) is 41.9 Å². The molecule has 82 valence electrons. The molecular weight excluding hydrogens is 256 g/mol. The highest BCUT2D eigenvalue weighted by Gasteiger charge is 2.24. The van der Waals surface area contributed by atoms with E-state index in [1.165, 1.54) is 11.1 Å². The summed E-state index contributed by atoms with van der Waals surface area (Å²) in [5.41, 5.74) is 2.49. The van der Waals surface area contributed by atoms with Crippen molar-refractivity contribution < 1.29 is 9.47 Å². The molecule has 2 nitrogen and oxygen atoms in total. The van der Waals surface area contributed by atoms with Crippen molar-refractivity contribution in [1.82, 2.24) is 0 Å². The number of hydrogen-bond acceptors (Lipinski definition) is 2. The zero-order valence-electron chi connectivity index (χ0n) is 9.00. The number of rotatable bonds is 4. The summed E-state index contributed by atoms with van der Waals surface area (Å²) in [4.78, 5) is 0. The average Bonchev–Trinajstić information content (AvgIpc) is 2.97. The van der Waals surface area contributed by atoms with Crippen LogP contribution in [0.4, 0.5) is 0 Å². The molecule has 1 unspecified atom stereocenters. The van der Waals surface area contributed by atoms with Gasteiger partial charge in [-0.15, -0.1) is 0 Å². The summed E-state index contributed by atoms with van der Waals surface area (Å²) in [6.07, 6.45) is 0.444. The smallest absolute Gasteiger partial charge is 0.104 e. The van der Waals surface area contributed by atoms with Crippen LogP contribution in [-0.4, -0.2) is 19.3 Å². The van der Waals surface area contributed by atoms with Gasteiger partial charge in [-0.2, -0.15) is 0 Å². The summed E-state index contributed by atoms with van der Waals surface area (Å²) in [5.74, 6) is 0. The third-order valence-electron chi connectivity index (χ3n) is 2.61. The molecule has 1 heterocycles. The Labute approximate surface area is 98.7 Å². The Bertz CT molecular complexity index is 327. The molecule has 0 aliphatic carbocycles. The average molecular weight is 271 g/mol. The van der Waals surface area contributed by atoms with E-state index in [0.717, 1.165) is 11.1 Å². The largest absolute Gasteiger partial charge is 0.371 e. The van der Waals surface area contributed by atoms with E-state index in [4.69, 9.17) is 9.47 Å². The normalized spacial score (nSPS) is 21.4. The van der Waals surface area contributed by atoms with Crippen molar-refractivity contribution in [2.24, 2.45) is 0 Å². The molecule has 2 atom stereocenters. The van der Waals surface area contributed by atoms with Crippen molar-refractivity contribution >= 4 is 15.9 Å². The van der Waals surface area contributed by atoms with E-state index in [0.29, 0.717) is 12.7 Å². The van der Waals surface area contributed by atoms with E-state index in [9.17, 15) is 0 Å². The van der Waals surface area contributed by atoms with Crippen LogP contribution in [0, 0.1) is 6.92 Å². The molecule has 0 saturated carbocycles. The third-order valence-corrected chi connectivity index (χ3v) is 3.30. The van der Waals surface area contributed by atoms with E-state index in [-0.39, 0.29) is 6.10 Å². The molecule has 0 spiro atoms. The fourth-order valence-electron chi connectivity index (χ4n) is 1.66. The third kappa shape index (κ3) is 2.80. The zero-order chi connectivity index (χ0) is 10.8. The zero-order valence-corrected chi connectivity index (χ0v) is 10.6. The second kappa shape index (κ2) is 4.64. The summed E-state index contributed by atoms with van der Waals surface area (Å²) in [6.45, 7) is 5.73. The topological polar surface area (TPSA) is 21.8 Å². The van der Waals surface area contributed by atoms with Gasteiger partial charge in [0.25, 0.3) is 0 Å². The molecule has 1 saturated heterocycles. The summed E-state index contributed by atoms with van der Waals surface area (Å²) >= 11 is 3.56. The molecule has 0 aromatic heterocycles. The lowest BCUT2D eigenvalue weighted by Crippen LogP contribution is -2.07. The Hall–Kier alpha value is -0.380. The van der Waals surface area contributed by atoms with Crippen LogP contribution in [0.5, 0.6) is 0 Å². The Balaban J connectivity index is 2.05. The summed E-state index contributed by atoms with van der Waals surface area (Å²) in [7, 11) is 0. The van der Waals surface area contributed by atoms with Crippen molar-refractivity contribution in [2.75, 3.05) is 13.2 Å². The molecule has 0 radical (unpaired) electrons. The standard InChI is InChI=1S/C12H15BrO2/c1-8-4-3-5-11(13)12(8)9(2)14-6-10-7-15-10/h3-5,9-10H,6-7H2,1-2H3/t9?,10-/m0/s1. The van der Waals surface area contributed by atoms with Gasteiger partial charge in [0.15, 0.2) is 0 Å². The van der Waals surface area contributed by atoms with Crippen LogP contribution in [0.2, 0.25) is 0 Å². The van der Waals surface area contributed by atoms with Gasteiger partial charge in [-0.05, 0) is 31.0 Å². The lowest BCUT2D eigenvalue weighted by Gasteiger charge is -2.16. The van der Waals surface area contributed by atoms with Crippen LogP contribution < -0.4 is 0 Å². The van der Waals surface area contributed by atoms with E-state index < -0.39 is 0 Å². The SMILES string of the molecule is Cc1cccc(Br)c1C(C)OC[C@H]1CO1. The quantitative estimate of drug-likeness (QED) is 0.784. The Kier molecular flexibility index (Phi) is 3.44. The van der Waals surface area contributed by atoms with Crippen LogP contribution in [0.25, 0.3) is 0 Å². The highest BCUT2D eigenvalue weighted by atomic mass is 79.9. The first-order chi connectivity index (χ1) is 7.18. The first-order valence-corrected chi connectivity index (χ1v) is 5.96. The van der Waals surface area contributed by atoms with Crippen molar-refractivity contribution in [2.45, 2.75) is 26.1 Å². The minimum atomic E-state index is 0.116. The van der Waals surface area contributed by atoms with Crippen molar-refractivity contribution in [1.29, 1.82) is 0 Å². The highest BCUT2D eigenvalue weighted by molar-refractivity contribution is 9.10. The summed E-state index contributed by atoms with van der Waals surface area (Å²) < 4.78 is 12.0. The number of epoxide rings is 1. The van der Waals surface area contributed by atoms with E-state index in [1.807, 2.05) is 6.07 Å². The fourth-order valence-corrected chi connectivity index (χ4v) is 2.45. The fraction of sp³-hybridized carbons (Fsp3) is 0.500. The van der Waals surface area contributed by atoms with Crippen LogP contribution in [-0.2, 0) is 9.47 Å². The lowest BCUT2D eigenvalue weighted by molar-refractivity contribution is 0.0532. The molecule has 3 heteroatoms.